The average Bonchev–Trinajstić information content (AvgIpc) is 2.63. The van der Waals surface area contributed by atoms with Gasteiger partial charge < -0.3 is 20.1 Å². The zero-order chi connectivity index (χ0) is 17.0. The van der Waals surface area contributed by atoms with Gasteiger partial charge in [0.25, 0.3) is 0 Å². The number of morpholine rings is 1. The summed E-state index contributed by atoms with van der Waals surface area (Å²) in [5.41, 5.74) is 2.60. The minimum absolute atomic E-state index is 0. The third kappa shape index (κ3) is 8.84. The highest BCUT2D eigenvalue weighted by molar-refractivity contribution is 14.0. The quantitative estimate of drug-likeness (QED) is 0.267. The first kappa shape index (κ1) is 22.1. The van der Waals surface area contributed by atoms with Crippen LogP contribution in [-0.4, -0.2) is 64.5 Å². The van der Waals surface area contributed by atoms with Gasteiger partial charge in [0.05, 0.1) is 13.2 Å². The van der Waals surface area contributed by atoms with E-state index in [1.165, 1.54) is 11.1 Å². The molecule has 0 aliphatic carbocycles. The van der Waals surface area contributed by atoms with Gasteiger partial charge in [-0.15, -0.1) is 24.0 Å². The van der Waals surface area contributed by atoms with Crippen molar-refractivity contribution in [2.75, 3.05) is 53.6 Å². The number of aliphatic imine (C=N–C) groups is 1. The summed E-state index contributed by atoms with van der Waals surface area (Å²) >= 11 is 0. The first-order valence-electron chi connectivity index (χ1n) is 8.63. The van der Waals surface area contributed by atoms with Crippen molar-refractivity contribution in [3.05, 3.63) is 35.4 Å². The molecule has 1 aromatic carbocycles. The van der Waals surface area contributed by atoms with E-state index >= 15 is 0 Å². The third-order valence-electron chi connectivity index (χ3n) is 4.03. The molecular weight excluding hydrogens is 431 g/mol. The molecule has 0 bridgehead atoms. The van der Waals surface area contributed by atoms with Gasteiger partial charge >= 0.3 is 0 Å². The van der Waals surface area contributed by atoms with Crippen LogP contribution in [0.4, 0.5) is 0 Å². The Labute approximate surface area is 168 Å². The zero-order valence-electron chi connectivity index (χ0n) is 15.3. The molecule has 25 heavy (non-hydrogen) atoms. The van der Waals surface area contributed by atoms with E-state index in [1.54, 1.807) is 14.2 Å². The van der Waals surface area contributed by atoms with Crippen molar-refractivity contribution in [1.29, 1.82) is 0 Å². The van der Waals surface area contributed by atoms with Crippen molar-refractivity contribution in [2.45, 2.75) is 19.5 Å². The van der Waals surface area contributed by atoms with Gasteiger partial charge in [-0.1, -0.05) is 24.3 Å². The zero-order valence-corrected chi connectivity index (χ0v) is 17.6. The summed E-state index contributed by atoms with van der Waals surface area (Å²) in [6.45, 7) is 7.11. The van der Waals surface area contributed by atoms with E-state index in [4.69, 9.17) is 9.47 Å². The number of halogens is 1. The molecule has 142 valence electrons. The van der Waals surface area contributed by atoms with Gasteiger partial charge in [0.15, 0.2) is 5.96 Å². The Bertz CT molecular complexity index is 490. The summed E-state index contributed by atoms with van der Waals surface area (Å²) in [6.07, 6.45) is 0.966. The monoisotopic (exact) mass is 462 g/mol. The molecule has 0 unspecified atom stereocenters. The highest BCUT2D eigenvalue weighted by atomic mass is 127. The van der Waals surface area contributed by atoms with Crippen molar-refractivity contribution < 1.29 is 9.47 Å². The number of hydrogen-bond acceptors (Lipinski definition) is 4. The molecule has 2 N–H and O–H groups in total. The summed E-state index contributed by atoms with van der Waals surface area (Å²) in [7, 11) is 3.51. The third-order valence-corrected chi connectivity index (χ3v) is 4.03. The fourth-order valence-electron chi connectivity index (χ4n) is 2.61. The van der Waals surface area contributed by atoms with Crippen LogP contribution in [0.2, 0.25) is 0 Å². The molecule has 1 fully saturated rings. The number of guanidine groups is 1. The van der Waals surface area contributed by atoms with Crippen LogP contribution >= 0.6 is 24.0 Å². The maximum Gasteiger partial charge on any atom is 0.191 e. The van der Waals surface area contributed by atoms with Crippen LogP contribution in [0, 0.1) is 0 Å². The van der Waals surface area contributed by atoms with Gasteiger partial charge in [-0.3, -0.25) is 9.89 Å². The summed E-state index contributed by atoms with van der Waals surface area (Å²) in [6, 6.07) is 8.78. The number of benzene rings is 1. The minimum Gasteiger partial charge on any atom is -0.385 e. The van der Waals surface area contributed by atoms with Crippen LogP contribution in [0.25, 0.3) is 0 Å². The Morgan fingerprint density at radius 1 is 1.16 bits per heavy atom. The molecule has 0 radical (unpaired) electrons. The van der Waals surface area contributed by atoms with E-state index in [-0.39, 0.29) is 24.0 Å². The van der Waals surface area contributed by atoms with Crippen molar-refractivity contribution in [2.24, 2.45) is 4.99 Å². The Morgan fingerprint density at radius 2 is 1.84 bits per heavy atom. The van der Waals surface area contributed by atoms with Crippen molar-refractivity contribution in [3.63, 3.8) is 0 Å². The van der Waals surface area contributed by atoms with Crippen molar-refractivity contribution in [3.8, 4) is 0 Å². The molecule has 0 aromatic heterocycles. The second kappa shape index (κ2) is 13.3. The van der Waals surface area contributed by atoms with Crippen molar-refractivity contribution >= 4 is 29.9 Å². The highest BCUT2D eigenvalue weighted by Gasteiger charge is 2.10. The second-order valence-electron chi connectivity index (χ2n) is 5.90. The molecule has 1 aliphatic rings. The van der Waals surface area contributed by atoms with E-state index in [9.17, 15) is 0 Å². The van der Waals surface area contributed by atoms with E-state index in [2.05, 4.69) is 44.8 Å². The first-order chi connectivity index (χ1) is 11.8. The van der Waals surface area contributed by atoms with Gasteiger partial charge in [0.1, 0.15) is 0 Å². The Kier molecular flexibility index (Phi) is 11.8. The predicted molar refractivity (Wildman–Crippen MR) is 113 cm³/mol. The summed E-state index contributed by atoms with van der Waals surface area (Å²) in [4.78, 5) is 6.66. The molecule has 0 spiro atoms. The van der Waals surface area contributed by atoms with E-state index in [1.807, 2.05) is 0 Å². The summed E-state index contributed by atoms with van der Waals surface area (Å²) in [5.74, 6) is 0.823. The molecule has 1 heterocycles. The molecule has 1 saturated heterocycles. The standard InChI is InChI=1S/C18H30N4O2.HI/c1-19-18(20-8-3-11-23-2)21-14-16-4-6-17(7-5-16)15-22-9-12-24-13-10-22;/h4-7H,3,8-15H2,1-2H3,(H2,19,20,21);1H. The SMILES string of the molecule is CN=C(NCCCOC)NCc1ccc(CN2CCOCC2)cc1.I. The van der Waals surface area contributed by atoms with Crippen LogP contribution in [0.15, 0.2) is 29.3 Å². The molecule has 0 amide bonds. The molecule has 1 aromatic rings. The molecule has 6 nitrogen and oxygen atoms in total. The normalized spacial score (nSPS) is 15.5. The number of hydrogen-bond donors (Lipinski definition) is 2. The first-order valence-corrected chi connectivity index (χ1v) is 8.63. The average molecular weight is 462 g/mol. The van der Waals surface area contributed by atoms with Crippen LogP contribution in [-0.2, 0) is 22.6 Å². The van der Waals surface area contributed by atoms with Gasteiger partial charge in [-0.05, 0) is 17.5 Å². The van der Waals surface area contributed by atoms with Gasteiger partial charge in [0, 0.05) is 53.5 Å². The maximum atomic E-state index is 5.39. The number of methoxy groups -OCH3 is 1. The topological polar surface area (TPSA) is 58.1 Å². The lowest BCUT2D eigenvalue weighted by molar-refractivity contribution is 0.0342. The van der Waals surface area contributed by atoms with Gasteiger partial charge in [-0.2, -0.15) is 0 Å². The van der Waals surface area contributed by atoms with Crippen LogP contribution in [0.5, 0.6) is 0 Å². The van der Waals surface area contributed by atoms with E-state index in [0.717, 1.165) is 64.9 Å². The highest BCUT2D eigenvalue weighted by Crippen LogP contribution is 2.09. The fraction of sp³-hybridized carbons (Fsp3) is 0.611. The van der Waals surface area contributed by atoms with E-state index < -0.39 is 0 Å². The van der Waals surface area contributed by atoms with Crippen LogP contribution in [0.1, 0.15) is 17.5 Å². The molecule has 0 saturated carbocycles. The summed E-state index contributed by atoms with van der Waals surface area (Å²) in [5, 5.41) is 6.62. The molecular formula is C18H31IN4O2. The molecule has 0 atom stereocenters. The maximum absolute atomic E-state index is 5.39. The lowest BCUT2D eigenvalue weighted by Crippen LogP contribution is -2.37. The number of rotatable bonds is 8. The summed E-state index contributed by atoms with van der Waals surface area (Å²) < 4.78 is 10.4. The van der Waals surface area contributed by atoms with E-state index in [0.29, 0.717) is 0 Å². The number of nitrogens with one attached hydrogen (secondary N) is 2. The number of ether oxygens (including phenoxy) is 2. The lowest BCUT2D eigenvalue weighted by atomic mass is 10.1. The van der Waals surface area contributed by atoms with Crippen LogP contribution in [0.3, 0.4) is 0 Å². The fourth-order valence-corrected chi connectivity index (χ4v) is 2.61. The largest absolute Gasteiger partial charge is 0.385 e. The minimum atomic E-state index is 0. The van der Waals surface area contributed by atoms with Crippen LogP contribution < -0.4 is 10.6 Å². The van der Waals surface area contributed by atoms with Gasteiger partial charge in [0.2, 0.25) is 0 Å². The lowest BCUT2D eigenvalue weighted by Gasteiger charge is -2.26. The second-order valence-corrected chi connectivity index (χ2v) is 5.90. The Morgan fingerprint density at radius 3 is 2.48 bits per heavy atom. The molecule has 7 heteroatoms. The van der Waals surface area contributed by atoms with Crippen molar-refractivity contribution in [1.82, 2.24) is 15.5 Å². The predicted octanol–water partition coefficient (Wildman–Crippen LogP) is 1.84. The molecule has 2 rings (SSSR count). The Hall–Kier alpha value is -0.900. The molecule has 1 aliphatic heterocycles. The number of nitrogens with zero attached hydrogens (tertiary/aromatic N) is 2. The Balaban J connectivity index is 0.00000312. The smallest absolute Gasteiger partial charge is 0.191 e. The van der Waals surface area contributed by atoms with Gasteiger partial charge in [-0.25, -0.2) is 0 Å².